The maximum atomic E-state index is 12.5. The Balaban J connectivity index is 1.08. The van der Waals surface area contributed by atoms with E-state index in [1.54, 1.807) is 0 Å². The number of rotatable bonds is 27. The largest absolute Gasteiger partial charge is 0.481 e. The lowest BCUT2D eigenvalue weighted by Gasteiger charge is -2.31. The highest BCUT2D eigenvalue weighted by Gasteiger charge is 2.50. The fourth-order valence-electron chi connectivity index (χ4n) is 13.1. The van der Waals surface area contributed by atoms with Crippen LogP contribution >= 0.6 is 0 Å². The first-order valence-electron chi connectivity index (χ1n) is 28.4. The maximum absolute atomic E-state index is 12.5. The highest BCUT2D eigenvalue weighted by molar-refractivity contribution is 6.19. The summed E-state index contributed by atoms with van der Waals surface area (Å²) in [5.74, 6) is -0.799. The van der Waals surface area contributed by atoms with Gasteiger partial charge in [-0.3, -0.25) is 9.59 Å². The second kappa shape index (κ2) is 24.7. The van der Waals surface area contributed by atoms with Crippen molar-refractivity contribution in [1.82, 2.24) is 0 Å². The average Bonchev–Trinajstić information content (AvgIpc) is 3.98. The Labute approximate surface area is 446 Å². The molecule has 7 aromatic carbocycles. The molecule has 2 aliphatic heterocycles. The third kappa shape index (κ3) is 11.1. The summed E-state index contributed by atoms with van der Waals surface area (Å²) in [7, 11) is 0. The SMILES string of the molecule is CCCCCCCCCCCCCCCCC1(C)C(/C=C/C=C/C=C2\N(CCOC=O)c3c(c4ccccc4c4ccccc34)C2(C)Cc2ccccc2C)=[N+](CCC(=O)O)c2c1c1ccccc1c1ccccc21. The van der Waals surface area contributed by atoms with Gasteiger partial charge in [0.05, 0.1) is 23.0 Å². The van der Waals surface area contributed by atoms with Gasteiger partial charge < -0.3 is 14.7 Å². The lowest BCUT2D eigenvalue weighted by Crippen LogP contribution is -2.32. The molecule has 0 bridgehead atoms. The number of hydrogen-bond donors (Lipinski definition) is 1. The number of ether oxygens (including phenoxy) is 1. The van der Waals surface area contributed by atoms with Crippen LogP contribution in [0.2, 0.25) is 0 Å². The first kappa shape index (κ1) is 53.1. The monoisotopic (exact) mass is 1000 g/mol. The normalized spacial score (nSPS) is 18.0. The van der Waals surface area contributed by atoms with E-state index in [-0.39, 0.29) is 18.4 Å². The van der Waals surface area contributed by atoms with Gasteiger partial charge in [-0.2, -0.15) is 4.58 Å². The van der Waals surface area contributed by atoms with Crippen LogP contribution in [-0.4, -0.2) is 47.5 Å². The number of hydrogen-bond acceptors (Lipinski definition) is 4. The van der Waals surface area contributed by atoms with Gasteiger partial charge in [0.1, 0.15) is 13.0 Å². The molecule has 2 aliphatic rings. The average molecular weight is 1000 g/mol. The Morgan fingerprint density at radius 1 is 0.600 bits per heavy atom. The number of carbonyl (C=O) groups excluding carboxylic acids is 1. The topological polar surface area (TPSA) is 69.8 Å². The predicted molar refractivity (Wildman–Crippen MR) is 315 cm³/mol. The Morgan fingerprint density at radius 3 is 1.69 bits per heavy atom. The zero-order valence-corrected chi connectivity index (χ0v) is 45.2. The van der Waals surface area contributed by atoms with Crippen molar-refractivity contribution in [3.8, 4) is 0 Å². The van der Waals surface area contributed by atoms with E-state index < -0.39 is 11.4 Å². The second-order valence-electron chi connectivity index (χ2n) is 21.8. The Bertz CT molecular complexity index is 3290. The van der Waals surface area contributed by atoms with E-state index in [2.05, 4.69) is 189 Å². The molecule has 1 N–H and O–H groups in total. The molecule has 0 saturated heterocycles. The van der Waals surface area contributed by atoms with E-state index in [4.69, 9.17) is 4.74 Å². The molecule has 9 rings (SSSR count). The Hall–Kier alpha value is -6.79. The van der Waals surface area contributed by atoms with Gasteiger partial charge in [0.2, 0.25) is 5.69 Å². The number of carbonyl (C=O) groups is 2. The van der Waals surface area contributed by atoms with Gasteiger partial charge in [-0.05, 0) is 94.8 Å². The van der Waals surface area contributed by atoms with Crippen molar-refractivity contribution in [2.45, 2.75) is 148 Å². The minimum Gasteiger partial charge on any atom is -0.481 e. The quantitative estimate of drug-likeness (QED) is 0.0183. The Kier molecular flexibility index (Phi) is 17.5. The zero-order chi connectivity index (χ0) is 52.2. The summed E-state index contributed by atoms with van der Waals surface area (Å²) in [6, 6.07) is 43.7. The second-order valence-corrected chi connectivity index (χ2v) is 21.8. The first-order chi connectivity index (χ1) is 36.7. The van der Waals surface area contributed by atoms with Gasteiger partial charge in [-0.25, -0.2) is 0 Å². The van der Waals surface area contributed by atoms with E-state index in [1.807, 2.05) is 0 Å². The summed E-state index contributed by atoms with van der Waals surface area (Å²) >= 11 is 0. The molecular formula is C69H79N2O4+. The van der Waals surface area contributed by atoms with Gasteiger partial charge >= 0.3 is 5.97 Å². The number of carboxylic acid groups (broad SMARTS) is 1. The minimum atomic E-state index is -0.799. The van der Waals surface area contributed by atoms with E-state index in [1.165, 1.54) is 149 Å². The molecule has 0 radical (unpaired) electrons. The number of nitrogens with zero attached hydrogens (tertiary/aromatic N) is 2. The number of benzene rings is 7. The lowest BCUT2D eigenvalue weighted by atomic mass is 9.72. The summed E-state index contributed by atoms with van der Waals surface area (Å²) in [5.41, 5.74) is 8.93. The zero-order valence-electron chi connectivity index (χ0n) is 45.2. The molecule has 2 heterocycles. The number of aryl methyl sites for hydroxylation is 1. The maximum Gasteiger partial charge on any atom is 0.309 e. The number of carboxylic acids is 1. The number of unbranched alkanes of at least 4 members (excludes halogenated alkanes) is 13. The summed E-state index contributed by atoms with van der Waals surface area (Å²) in [5, 5.41) is 19.9. The van der Waals surface area contributed by atoms with Crippen LogP contribution in [0.25, 0.3) is 43.1 Å². The van der Waals surface area contributed by atoms with E-state index in [9.17, 15) is 14.7 Å². The van der Waals surface area contributed by atoms with Crippen molar-refractivity contribution >= 4 is 72.6 Å². The van der Waals surface area contributed by atoms with Crippen LogP contribution in [0.4, 0.5) is 11.4 Å². The summed E-state index contributed by atoms with van der Waals surface area (Å²) in [6.07, 6.45) is 31.2. The number of fused-ring (bicyclic) bond motifs is 12. The van der Waals surface area contributed by atoms with Crippen LogP contribution in [-0.2, 0) is 31.6 Å². The van der Waals surface area contributed by atoms with Crippen LogP contribution in [0.5, 0.6) is 0 Å². The van der Waals surface area contributed by atoms with Crippen molar-refractivity contribution in [3.63, 3.8) is 0 Å². The van der Waals surface area contributed by atoms with Crippen molar-refractivity contribution in [2.24, 2.45) is 0 Å². The van der Waals surface area contributed by atoms with Crippen LogP contribution in [0.3, 0.4) is 0 Å². The molecule has 6 nitrogen and oxygen atoms in total. The molecule has 0 fully saturated rings. The molecule has 2 unspecified atom stereocenters. The van der Waals surface area contributed by atoms with Crippen LogP contribution in [0.15, 0.2) is 157 Å². The third-order valence-corrected chi connectivity index (χ3v) is 16.8. The summed E-state index contributed by atoms with van der Waals surface area (Å²) in [4.78, 5) is 26.5. The minimum absolute atomic E-state index is 0.0296. The van der Waals surface area contributed by atoms with Gasteiger partial charge in [-0.15, -0.1) is 0 Å². The van der Waals surface area contributed by atoms with Crippen LogP contribution < -0.4 is 4.90 Å². The molecule has 0 aromatic heterocycles. The van der Waals surface area contributed by atoms with Crippen molar-refractivity contribution in [3.05, 3.63) is 180 Å². The molecule has 388 valence electrons. The van der Waals surface area contributed by atoms with Crippen LogP contribution in [0, 0.1) is 6.92 Å². The predicted octanol–water partition coefficient (Wildman–Crippen LogP) is 17.5. The van der Waals surface area contributed by atoms with Crippen molar-refractivity contribution < 1.29 is 24.0 Å². The van der Waals surface area contributed by atoms with E-state index in [0.717, 1.165) is 42.0 Å². The molecule has 75 heavy (non-hydrogen) atoms. The molecule has 0 aliphatic carbocycles. The van der Waals surface area contributed by atoms with Crippen molar-refractivity contribution in [2.75, 3.05) is 24.6 Å². The highest BCUT2D eigenvalue weighted by Crippen LogP contribution is 2.56. The summed E-state index contributed by atoms with van der Waals surface area (Å²) < 4.78 is 7.82. The number of anilines is 1. The fourth-order valence-corrected chi connectivity index (χ4v) is 13.1. The molecule has 0 saturated carbocycles. The van der Waals surface area contributed by atoms with E-state index in [0.29, 0.717) is 19.6 Å². The lowest BCUT2D eigenvalue weighted by molar-refractivity contribution is -0.435. The van der Waals surface area contributed by atoms with Gasteiger partial charge in [0.15, 0.2) is 12.3 Å². The standard InChI is InChI=1S/C69H78N2O4/c1-5-6-7-8-9-10-11-12-13-14-15-16-17-31-45-68(3)61(70(46-44-63(73)74)66-59-40-29-25-36-55(59)53-34-23-27-38-57(53)64(66)68)42-19-18-20-43-62-69(4,49-52-33-22-21-32-51(52)2)65-58-39-28-24-35-54(58)56-37-26-30-41-60(56)67(65)71(62)47-48-75-50-72/h18-30,32-43,50H,5-17,31,44-49H2,1-4H3/p+1. The van der Waals surface area contributed by atoms with Gasteiger partial charge in [0.25, 0.3) is 6.47 Å². The molecule has 0 amide bonds. The van der Waals surface area contributed by atoms with Crippen LogP contribution in [0.1, 0.15) is 146 Å². The van der Waals surface area contributed by atoms with Gasteiger partial charge in [-0.1, -0.05) is 230 Å². The molecule has 6 heteroatoms. The molecular weight excluding hydrogens is 921 g/mol. The third-order valence-electron chi connectivity index (χ3n) is 16.8. The van der Waals surface area contributed by atoms with E-state index >= 15 is 0 Å². The Morgan fingerprint density at radius 2 is 1.11 bits per heavy atom. The highest BCUT2D eigenvalue weighted by atomic mass is 16.5. The molecule has 2 atom stereocenters. The van der Waals surface area contributed by atoms with Gasteiger partial charge in [0, 0.05) is 28.1 Å². The molecule has 7 aromatic rings. The molecule has 0 spiro atoms. The fraction of sp³-hybridized carbons (Fsp3) is 0.377. The van der Waals surface area contributed by atoms with Crippen molar-refractivity contribution in [1.29, 1.82) is 0 Å². The number of aliphatic carboxylic acids is 1. The summed E-state index contributed by atoms with van der Waals surface area (Å²) in [6.45, 7) is 11.0. The number of allylic oxidation sites excluding steroid dienone is 6. The first-order valence-corrected chi connectivity index (χ1v) is 28.4. The smallest absolute Gasteiger partial charge is 0.309 e.